The van der Waals surface area contributed by atoms with Crippen molar-refractivity contribution in [2.75, 3.05) is 30.9 Å². The summed E-state index contributed by atoms with van der Waals surface area (Å²) in [6.45, 7) is 5.09. The summed E-state index contributed by atoms with van der Waals surface area (Å²) >= 11 is 0. The van der Waals surface area contributed by atoms with E-state index in [1.807, 2.05) is 0 Å². The summed E-state index contributed by atoms with van der Waals surface area (Å²) in [5.41, 5.74) is 5.94. The number of carbonyl (C=O) groups is 3. The van der Waals surface area contributed by atoms with Crippen LogP contribution in [0.1, 0.15) is 67.2 Å². The van der Waals surface area contributed by atoms with Crippen molar-refractivity contribution in [1.29, 1.82) is 0 Å². The van der Waals surface area contributed by atoms with E-state index < -0.39 is 56.7 Å². The molecule has 3 amide bonds. The molecule has 1 aliphatic heterocycles. The number of likely N-dealkylation sites (tertiary alicyclic amines) is 1. The molecule has 1 saturated heterocycles. The van der Waals surface area contributed by atoms with E-state index in [1.54, 1.807) is 6.92 Å². The lowest BCUT2D eigenvalue weighted by molar-refractivity contribution is -0.133. The van der Waals surface area contributed by atoms with Gasteiger partial charge in [0.2, 0.25) is 11.8 Å². The highest BCUT2D eigenvalue weighted by molar-refractivity contribution is 7.92. The zero-order valence-corrected chi connectivity index (χ0v) is 26.6. The maximum absolute atomic E-state index is 15.1. The van der Waals surface area contributed by atoms with Gasteiger partial charge in [0.15, 0.2) is 21.4 Å². The number of amides is 3. The molecule has 0 unspecified atom stereocenters. The number of hydrogen-bond acceptors (Lipinski definition) is 8. The fraction of sp³-hybridized carbons (Fsp3) is 0.344. The molecule has 4 N–H and O–H groups in total. The van der Waals surface area contributed by atoms with Crippen molar-refractivity contribution in [3.8, 4) is 5.75 Å². The monoisotopic (exact) mass is 658 g/mol. The number of rotatable bonds is 11. The molecule has 4 rings (SSSR count). The Morgan fingerprint density at radius 1 is 1.04 bits per heavy atom. The smallest absolute Gasteiger partial charge is 0.411 e. The molecule has 246 valence electrons. The average Bonchev–Trinajstić information content (AvgIpc) is 3.51. The zero-order valence-electron chi connectivity index (χ0n) is 25.8. The van der Waals surface area contributed by atoms with Crippen molar-refractivity contribution in [3.63, 3.8) is 0 Å². The van der Waals surface area contributed by atoms with Crippen LogP contribution in [0.4, 0.5) is 25.0 Å². The number of carbonyl (C=O) groups excluding carboxylic acids is 3. The molecule has 1 heterocycles. The molecule has 0 spiro atoms. The van der Waals surface area contributed by atoms with Gasteiger partial charge >= 0.3 is 6.09 Å². The van der Waals surface area contributed by atoms with Gasteiger partial charge in [-0.1, -0.05) is 6.07 Å². The van der Waals surface area contributed by atoms with Crippen molar-refractivity contribution in [1.82, 2.24) is 4.90 Å². The summed E-state index contributed by atoms with van der Waals surface area (Å²) < 4.78 is 66.7. The Kier molecular flexibility index (Phi) is 10.5. The molecule has 0 aromatic heterocycles. The second-order valence-corrected chi connectivity index (χ2v) is 13.4. The summed E-state index contributed by atoms with van der Waals surface area (Å²) in [6.07, 6.45) is 0.105. The number of nitrogens with zero attached hydrogens (tertiary/aromatic N) is 1. The first kappa shape index (κ1) is 34.2. The van der Waals surface area contributed by atoms with Gasteiger partial charge in [-0.2, -0.15) is 0 Å². The molecule has 1 aliphatic rings. The summed E-state index contributed by atoms with van der Waals surface area (Å²) in [5, 5.41) is 4.60. The van der Waals surface area contributed by atoms with E-state index in [1.165, 1.54) is 68.3 Å². The van der Waals surface area contributed by atoms with Gasteiger partial charge in [-0.3, -0.25) is 14.9 Å². The first-order valence-corrected chi connectivity index (χ1v) is 16.1. The van der Waals surface area contributed by atoms with Crippen molar-refractivity contribution < 1.29 is 41.1 Å². The summed E-state index contributed by atoms with van der Waals surface area (Å²) in [4.78, 5) is 39.8. The molecular weight excluding hydrogens is 622 g/mol. The molecule has 14 heteroatoms. The fourth-order valence-electron chi connectivity index (χ4n) is 5.29. The first-order valence-electron chi connectivity index (χ1n) is 14.6. The third-order valence-corrected chi connectivity index (χ3v) is 9.88. The lowest BCUT2D eigenvalue weighted by atomic mass is 10.0. The molecule has 1 fully saturated rings. The van der Waals surface area contributed by atoms with Crippen LogP contribution in [-0.4, -0.2) is 56.7 Å². The van der Waals surface area contributed by atoms with Gasteiger partial charge in [-0.05, 0) is 93.3 Å². The van der Waals surface area contributed by atoms with E-state index in [9.17, 15) is 27.2 Å². The normalized spacial score (nSPS) is 15.4. The Bertz CT molecular complexity index is 1750. The number of methoxy groups -OCH3 is 1. The van der Waals surface area contributed by atoms with Crippen LogP contribution >= 0.6 is 0 Å². The van der Waals surface area contributed by atoms with Gasteiger partial charge in [-0.15, -0.1) is 0 Å². The highest BCUT2D eigenvalue weighted by Crippen LogP contribution is 2.40. The quantitative estimate of drug-likeness (QED) is 0.249. The van der Waals surface area contributed by atoms with Crippen LogP contribution in [0.15, 0.2) is 59.5 Å². The minimum Gasteiger partial charge on any atom is -0.491 e. The van der Waals surface area contributed by atoms with Gasteiger partial charge < -0.3 is 25.4 Å². The second-order valence-electron chi connectivity index (χ2n) is 10.9. The van der Waals surface area contributed by atoms with Crippen LogP contribution in [0.25, 0.3) is 0 Å². The Labute approximate surface area is 266 Å². The largest absolute Gasteiger partial charge is 0.491 e. The first-order chi connectivity index (χ1) is 21.8. The number of ether oxygens (including phenoxy) is 2. The van der Waals surface area contributed by atoms with Gasteiger partial charge in [0.25, 0.3) is 0 Å². The predicted octanol–water partition coefficient (Wildman–Crippen LogP) is 5.34. The Morgan fingerprint density at radius 2 is 1.76 bits per heavy atom. The van der Waals surface area contributed by atoms with E-state index in [-0.39, 0.29) is 51.9 Å². The topological polar surface area (TPSA) is 157 Å². The number of halogens is 2. The summed E-state index contributed by atoms with van der Waals surface area (Å²) in [6, 6.07) is 9.40. The van der Waals surface area contributed by atoms with E-state index in [4.69, 9.17) is 10.5 Å². The van der Waals surface area contributed by atoms with Crippen molar-refractivity contribution in [2.45, 2.75) is 55.8 Å². The molecule has 0 saturated carbocycles. The minimum absolute atomic E-state index is 0.00672. The number of hydrogen-bond donors (Lipinski definition) is 3. The fourth-order valence-corrected chi connectivity index (χ4v) is 6.58. The van der Waals surface area contributed by atoms with Crippen LogP contribution in [0.3, 0.4) is 0 Å². The highest BCUT2D eigenvalue weighted by Gasteiger charge is 2.38. The van der Waals surface area contributed by atoms with E-state index in [2.05, 4.69) is 15.4 Å². The number of primary amides is 1. The minimum atomic E-state index is -3.85. The lowest BCUT2D eigenvalue weighted by Gasteiger charge is -2.32. The molecule has 3 aromatic carbocycles. The Balaban J connectivity index is 1.84. The predicted molar refractivity (Wildman–Crippen MR) is 167 cm³/mol. The van der Waals surface area contributed by atoms with Crippen molar-refractivity contribution in [3.05, 3.63) is 82.9 Å². The maximum Gasteiger partial charge on any atom is 0.411 e. The molecule has 46 heavy (non-hydrogen) atoms. The Morgan fingerprint density at radius 3 is 2.41 bits per heavy atom. The third kappa shape index (κ3) is 7.22. The van der Waals surface area contributed by atoms with Crippen molar-refractivity contribution in [2.24, 2.45) is 5.73 Å². The number of benzene rings is 3. The van der Waals surface area contributed by atoms with Crippen molar-refractivity contribution >= 4 is 39.1 Å². The number of sulfone groups is 1. The molecule has 0 radical (unpaired) electrons. The Hall–Kier alpha value is -4.72. The van der Waals surface area contributed by atoms with E-state index in [0.29, 0.717) is 12.8 Å². The van der Waals surface area contributed by atoms with E-state index >= 15 is 4.39 Å². The van der Waals surface area contributed by atoms with Crippen LogP contribution in [-0.2, 0) is 19.4 Å². The molecule has 2 atom stereocenters. The number of nitrogens with one attached hydrogen (secondary N) is 2. The summed E-state index contributed by atoms with van der Waals surface area (Å²) in [7, 11) is -2.66. The van der Waals surface area contributed by atoms with Gasteiger partial charge in [0.1, 0.15) is 11.9 Å². The third-order valence-electron chi connectivity index (χ3n) is 7.65. The SMILES string of the molecule is CCOc1cc([C@H](Nc2cc(C(N)=O)ccc2F)C(=O)N2CCC[C@@H]2c2cc(NC(=O)OC)ccc2S(=O)(=O)C(C)C)ccc1F. The second kappa shape index (κ2) is 14.1. The van der Waals surface area contributed by atoms with Crippen LogP contribution in [0.2, 0.25) is 0 Å². The highest BCUT2D eigenvalue weighted by atomic mass is 32.2. The molecular formula is C32H36F2N4O7S. The van der Waals surface area contributed by atoms with E-state index in [0.717, 1.165) is 12.1 Å². The van der Waals surface area contributed by atoms with Crippen LogP contribution < -0.4 is 21.1 Å². The summed E-state index contributed by atoms with van der Waals surface area (Å²) in [5.74, 6) is -2.98. The van der Waals surface area contributed by atoms with Gasteiger partial charge in [0.05, 0.1) is 35.6 Å². The number of nitrogens with two attached hydrogens (primary N) is 1. The standard InChI is InChI=1S/C32H36F2N4O7S/c1-5-45-27-16-19(8-12-24(27)34)29(37-25-15-20(30(35)39)9-11-23(25)33)31(40)38-14-6-7-26(38)22-17-21(36-32(41)44-4)10-13-28(22)46(42,43)18(2)3/h8-13,15-18,26,29,37H,5-7,14H2,1-4H3,(H2,35,39)(H,36,41)/t26-,29+/m1/s1. The van der Waals surface area contributed by atoms with Gasteiger partial charge in [0, 0.05) is 17.8 Å². The molecule has 11 nitrogen and oxygen atoms in total. The number of anilines is 2. The molecule has 0 aliphatic carbocycles. The maximum atomic E-state index is 15.1. The average molecular weight is 659 g/mol. The van der Waals surface area contributed by atoms with Crippen LogP contribution in [0.5, 0.6) is 5.75 Å². The molecule has 0 bridgehead atoms. The van der Waals surface area contributed by atoms with Crippen LogP contribution in [0, 0.1) is 11.6 Å². The van der Waals surface area contributed by atoms with Gasteiger partial charge in [-0.25, -0.2) is 22.0 Å². The zero-order chi connectivity index (χ0) is 33.8. The molecule has 3 aromatic rings. The lowest BCUT2D eigenvalue weighted by Crippen LogP contribution is -2.38.